The van der Waals surface area contributed by atoms with Gasteiger partial charge in [0.15, 0.2) is 0 Å². The van der Waals surface area contributed by atoms with E-state index in [1.54, 1.807) is 11.3 Å². The Bertz CT molecular complexity index is 558. The first-order valence-corrected chi connectivity index (χ1v) is 8.08. The maximum Gasteiger partial charge on any atom is 0.138 e. The second-order valence-corrected chi connectivity index (χ2v) is 6.38. The third-order valence-corrected chi connectivity index (χ3v) is 4.80. The van der Waals surface area contributed by atoms with Gasteiger partial charge in [-0.1, -0.05) is 11.6 Å². The smallest absolute Gasteiger partial charge is 0.138 e. The Morgan fingerprint density at radius 2 is 2.21 bits per heavy atom. The van der Waals surface area contributed by atoms with Crippen LogP contribution in [0.15, 0.2) is 34.1 Å². The Kier molecular flexibility index (Phi) is 5.13. The van der Waals surface area contributed by atoms with E-state index in [4.69, 9.17) is 16.3 Å². The second kappa shape index (κ2) is 6.64. The summed E-state index contributed by atoms with van der Waals surface area (Å²) in [5.41, 5.74) is 0.991. The molecule has 0 aliphatic carbocycles. The summed E-state index contributed by atoms with van der Waals surface area (Å²) in [6, 6.07) is 8.14. The molecule has 5 heteroatoms. The summed E-state index contributed by atoms with van der Waals surface area (Å²) < 4.78 is 6.54. The van der Waals surface area contributed by atoms with Crippen molar-refractivity contribution >= 4 is 44.6 Å². The number of hydrogen-bond donors (Lipinski definition) is 1. The van der Waals surface area contributed by atoms with E-state index >= 15 is 0 Å². The highest BCUT2D eigenvalue weighted by atomic mass is 79.9. The summed E-state index contributed by atoms with van der Waals surface area (Å²) in [5.74, 6) is 0.723. The lowest BCUT2D eigenvalue weighted by Gasteiger charge is -2.15. The number of ether oxygens (including phenoxy) is 1. The quantitative estimate of drug-likeness (QED) is 0.734. The fourth-order valence-corrected chi connectivity index (χ4v) is 3.43. The van der Waals surface area contributed by atoms with E-state index in [9.17, 15) is 0 Å². The topological polar surface area (TPSA) is 21.3 Å². The molecular weight excluding hydrogens is 346 g/mol. The number of rotatable bonds is 5. The molecule has 1 atom stereocenters. The van der Waals surface area contributed by atoms with Crippen molar-refractivity contribution in [2.45, 2.75) is 19.9 Å². The lowest BCUT2D eigenvalue weighted by Crippen LogP contribution is -2.04. The van der Waals surface area contributed by atoms with Crippen LogP contribution in [0.1, 0.15) is 24.8 Å². The minimum atomic E-state index is 0.241. The molecule has 0 radical (unpaired) electrons. The molecule has 0 bridgehead atoms. The zero-order valence-corrected chi connectivity index (χ0v) is 13.9. The van der Waals surface area contributed by atoms with Gasteiger partial charge in [-0.2, -0.15) is 0 Å². The Hall–Kier alpha value is -0.710. The zero-order chi connectivity index (χ0) is 13.8. The number of hydrogen-bond acceptors (Lipinski definition) is 3. The first-order chi connectivity index (χ1) is 9.10. The summed E-state index contributed by atoms with van der Waals surface area (Å²) in [6.45, 7) is 4.69. The number of nitrogens with one attached hydrogen (secondary N) is 1. The molecule has 2 rings (SSSR count). The van der Waals surface area contributed by atoms with Crippen LogP contribution < -0.4 is 10.1 Å². The van der Waals surface area contributed by atoms with Gasteiger partial charge in [0.25, 0.3) is 0 Å². The van der Waals surface area contributed by atoms with E-state index in [1.807, 2.05) is 25.1 Å². The summed E-state index contributed by atoms with van der Waals surface area (Å²) >= 11 is 11.4. The molecule has 2 aromatic rings. The minimum absolute atomic E-state index is 0.241. The minimum Gasteiger partial charge on any atom is -0.492 e. The Morgan fingerprint density at radius 1 is 1.42 bits per heavy atom. The fraction of sp³-hybridized carbons (Fsp3) is 0.286. The van der Waals surface area contributed by atoms with E-state index in [-0.39, 0.29) is 6.04 Å². The number of benzene rings is 1. The molecule has 0 aliphatic heterocycles. The lowest BCUT2D eigenvalue weighted by atomic mass is 10.2. The third kappa shape index (κ3) is 3.88. The summed E-state index contributed by atoms with van der Waals surface area (Å²) in [5, 5.41) is 6.14. The summed E-state index contributed by atoms with van der Waals surface area (Å²) in [7, 11) is 0. The molecule has 0 amide bonds. The van der Waals surface area contributed by atoms with Crippen molar-refractivity contribution in [3.05, 3.63) is 44.0 Å². The van der Waals surface area contributed by atoms with Crippen molar-refractivity contribution in [3.63, 3.8) is 0 Å². The molecule has 2 nitrogen and oxygen atoms in total. The van der Waals surface area contributed by atoms with E-state index in [0.29, 0.717) is 11.6 Å². The standard InChI is InChI=1S/C14H15BrClNOS/c1-3-18-13-5-4-11(7-12(13)16)17-9(2)14-6-10(15)8-19-14/h4-9,17H,3H2,1-2H3. The second-order valence-electron chi connectivity index (χ2n) is 4.11. The van der Waals surface area contributed by atoms with E-state index < -0.39 is 0 Å². The monoisotopic (exact) mass is 359 g/mol. The van der Waals surface area contributed by atoms with Crippen molar-refractivity contribution < 1.29 is 4.74 Å². The van der Waals surface area contributed by atoms with Gasteiger partial charge >= 0.3 is 0 Å². The maximum absolute atomic E-state index is 6.17. The first kappa shape index (κ1) is 14.7. The van der Waals surface area contributed by atoms with Crippen molar-refractivity contribution in [2.75, 3.05) is 11.9 Å². The van der Waals surface area contributed by atoms with E-state index in [0.717, 1.165) is 15.9 Å². The van der Waals surface area contributed by atoms with Crippen molar-refractivity contribution in [3.8, 4) is 5.75 Å². The molecule has 0 fully saturated rings. The number of halogens is 2. The predicted octanol–water partition coefficient (Wildman–Crippen LogP) is 5.74. The average molecular weight is 361 g/mol. The largest absolute Gasteiger partial charge is 0.492 e. The highest BCUT2D eigenvalue weighted by Crippen LogP contribution is 2.31. The molecule has 1 aromatic heterocycles. The Balaban J connectivity index is 2.09. The fourth-order valence-electron chi connectivity index (χ4n) is 1.74. The van der Waals surface area contributed by atoms with Crippen molar-refractivity contribution in [1.82, 2.24) is 0 Å². The van der Waals surface area contributed by atoms with Crippen LogP contribution >= 0.6 is 38.9 Å². The van der Waals surface area contributed by atoms with Gasteiger partial charge in [-0.3, -0.25) is 0 Å². The molecule has 0 saturated heterocycles. The number of anilines is 1. The highest BCUT2D eigenvalue weighted by molar-refractivity contribution is 9.10. The van der Waals surface area contributed by atoms with Gasteiger partial charge in [0, 0.05) is 20.4 Å². The first-order valence-electron chi connectivity index (χ1n) is 6.03. The molecule has 19 heavy (non-hydrogen) atoms. The predicted molar refractivity (Wildman–Crippen MR) is 86.7 cm³/mol. The molecule has 0 spiro atoms. The Labute approximate surface area is 130 Å². The van der Waals surface area contributed by atoms with Gasteiger partial charge in [-0.15, -0.1) is 11.3 Å². The zero-order valence-electron chi connectivity index (χ0n) is 10.7. The van der Waals surface area contributed by atoms with Crippen LogP contribution in [0.2, 0.25) is 5.02 Å². The highest BCUT2D eigenvalue weighted by Gasteiger charge is 2.09. The van der Waals surface area contributed by atoms with Crippen LogP contribution in [-0.4, -0.2) is 6.61 Å². The summed E-state index contributed by atoms with van der Waals surface area (Å²) in [4.78, 5) is 1.27. The molecule has 102 valence electrons. The van der Waals surface area contributed by atoms with Gasteiger partial charge in [0.1, 0.15) is 5.75 Å². The summed E-state index contributed by atoms with van der Waals surface area (Å²) in [6.07, 6.45) is 0. The van der Waals surface area contributed by atoms with Crippen LogP contribution in [0, 0.1) is 0 Å². The van der Waals surface area contributed by atoms with Crippen LogP contribution in [-0.2, 0) is 0 Å². The van der Waals surface area contributed by atoms with Gasteiger partial charge in [0.05, 0.1) is 17.7 Å². The normalized spacial score (nSPS) is 12.2. The van der Waals surface area contributed by atoms with E-state index in [1.165, 1.54) is 4.88 Å². The van der Waals surface area contributed by atoms with Crippen molar-refractivity contribution in [2.24, 2.45) is 0 Å². The van der Waals surface area contributed by atoms with Crippen molar-refractivity contribution in [1.29, 1.82) is 0 Å². The SMILES string of the molecule is CCOc1ccc(NC(C)c2cc(Br)cs2)cc1Cl. The molecule has 0 aliphatic rings. The Morgan fingerprint density at radius 3 is 2.79 bits per heavy atom. The third-order valence-electron chi connectivity index (χ3n) is 2.63. The average Bonchev–Trinajstić information content (AvgIpc) is 2.80. The van der Waals surface area contributed by atoms with Crippen LogP contribution in [0.4, 0.5) is 5.69 Å². The molecular formula is C14H15BrClNOS. The lowest BCUT2D eigenvalue weighted by molar-refractivity contribution is 0.340. The van der Waals surface area contributed by atoms with Gasteiger partial charge in [-0.25, -0.2) is 0 Å². The van der Waals surface area contributed by atoms with Gasteiger partial charge in [-0.05, 0) is 54.0 Å². The molecule has 1 N–H and O–H groups in total. The number of thiophene rings is 1. The molecule has 0 saturated carbocycles. The van der Waals surface area contributed by atoms with Gasteiger partial charge in [0.2, 0.25) is 0 Å². The van der Waals surface area contributed by atoms with Crippen LogP contribution in [0.3, 0.4) is 0 Å². The van der Waals surface area contributed by atoms with Crippen LogP contribution in [0.5, 0.6) is 5.75 Å². The molecule has 1 heterocycles. The molecule has 1 aromatic carbocycles. The molecule has 1 unspecified atom stereocenters. The van der Waals surface area contributed by atoms with Gasteiger partial charge < -0.3 is 10.1 Å². The maximum atomic E-state index is 6.17. The van der Waals surface area contributed by atoms with E-state index in [2.05, 4.69) is 39.6 Å². The van der Waals surface area contributed by atoms with Crippen LogP contribution in [0.25, 0.3) is 0 Å².